The molecule has 0 aliphatic carbocycles. The zero-order valence-corrected chi connectivity index (χ0v) is 10.7. The number of para-hydroxylation sites is 1. The third-order valence-corrected chi connectivity index (χ3v) is 5.01. The maximum Gasteiger partial charge on any atom is 0.319 e. The first-order valence-electron chi connectivity index (χ1n) is 5.52. The van der Waals surface area contributed by atoms with Gasteiger partial charge in [-0.25, -0.2) is 4.98 Å². The summed E-state index contributed by atoms with van der Waals surface area (Å²) < 4.78 is 7.17. The summed E-state index contributed by atoms with van der Waals surface area (Å²) in [6, 6.07) is 8.03. The lowest BCUT2D eigenvalue weighted by atomic mass is 10.2. The fraction of sp³-hybridized carbons (Fsp3) is 0.333. The van der Waals surface area contributed by atoms with Crippen LogP contribution in [0.2, 0.25) is 0 Å². The van der Waals surface area contributed by atoms with E-state index in [1.807, 2.05) is 18.2 Å². The number of benzene rings is 1. The van der Waals surface area contributed by atoms with E-state index < -0.39 is 0 Å². The van der Waals surface area contributed by atoms with Gasteiger partial charge in [0.15, 0.2) is 4.34 Å². The van der Waals surface area contributed by atoms with Gasteiger partial charge in [0.05, 0.1) is 16.8 Å². The van der Waals surface area contributed by atoms with Gasteiger partial charge in [0.2, 0.25) is 0 Å². The minimum Gasteiger partial charge on any atom is -0.465 e. The van der Waals surface area contributed by atoms with Gasteiger partial charge in [-0.1, -0.05) is 23.9 Å². The monoisotopic (exact) mass is 265 g/mol. The van der Waals surface area contributed by atoms with Crippen molar-refractivity contribution in [2.45, 2.75) is 22.4 Å². The van der Waals surface area contributed by atoms with E-state index in [2.05, 4.69) is 11.1 Å². The van der Waals surface area contributed by atoms with Crippen LogP contribution in [0.3, 0.4) is 0 Å². The molecule has 5 heteroatoms. The van der Waals surface area contributed by atoms with E-state index >= 15 is 0 Å². The Labute approximate surface area is 107 Å². The molecule has 1 atom stereocenters. The lowest BCUT2D eigenvalue weighted by Crippen LogP contribution is -2.26. The summed E-state index contributed by atoms with van der Waals surface area (Å²) in [4.78, 5) is 16.1. The zero-order valence-electron chi connectivity index (χ0n) is 9.09. The molecule has 3 rings (SSSR count). The maximum absolute atomic E-state index is 11.5. The van der Waals surface area contributed by atoms with Crippen LogP contribution in [0.15, 0.2) is 28.6 Å². The number of rotatable bonds is 2. The van der Waals surface area contributed by atoms with Crippen molar-refractivity contribution in [2.24, 2.45) is 0 Å². The molecule has 2 aromatic rings. The van der Waals surface area contributed by atoms with Crippen molar-refractivity contribution < 1.29 is 9.53 Å². The van der Waals surface area contributed by atoms with Crippen molar-refractivity contribution in [1.82, 2.24) is 4.98 Å². The normalized spacial score (nSPS) is 20.5. The van der Waals surface area contributed by atoms with Crippen LogP contribution in [0, 0.1) is 0 Å². The number of carbonyl (C=O) groups is 1. The Morgan fingerprint density at radius 3 is 3.12 bits per heavy atom. The second-order valence-electron chi connectivity index (χ2n) is 3.86. The molecule has 1 aliphatic heterocycles. The molecule has 1 saturated heterocycles. The van der Waals surface area contributed by atoms with Gasteiger partial charge in [-0.3, -0.25) is 4.79 Å². The van der Waals surface area contributed by atoms with E-state index in [0.29, 0.717) is 6.61 Å². The number of hydrogen-bond donors (Lipinski definition) is 0. The predicted molar refractivity (Wildman–Crippen MR) is 69.5 cm³/mol. The molecule has 0 bridgehead atoms. The van der Waals surface area contributed by atoms with Gasteiger partial charge in [-0.2, -0.15) is 0 Å². The molecule has 1 unspecified atom stereocenters. The number of thiazole rings is 1. The Morgan fingerprint density at radius 2 is 2.29 bits per heavy atom. The van der Waals surface area contributed by atoms with E-state index in [0.717, 1.165) is 22.7 Å². The summed E-state index contributed by atoms with van der Waals surface area (Å²) in [6.07, 6.45) is 1.84. The number of nitrogens with zero attached hydrogens (tertiary/aromatic N) is 1. The van der Waals surface area contributed by atoms with Crippen LogP contribution < -0.4 is 0 Å². The molecular formula is C12H11NO2S2. The van der Waals surface area contributed by atoms with Crippen LogP contribution in [-0.2, 0) is 9.53 Å². The smallest absolute Gasteiger partial charge is 0.319 e. The largest absolute Gasteiger partial charge is 0.465 e. The van der Waals surface area contributed by atoms with Crippen molar-refractivity contribution in [2.75, 3.05) is 6.61 Å². The predicted octanol–water partition coefficient (Wildman–Crippen LogP) is 3.09. The van der Waals surface area contributed by atoms with E-state index in [1.165, 1.54) is 16.5 Å². The van der Waals surface area contributed by atoms with Crippen molar-refractivity contribution >= 4 is 39.3 Å². The highest BCUT2D eigenvalue weighted by molar-refractivity contribution is 8.02. The summed E-state index contributed by atoms with van der Waals surface area (Å²) in [5.41, 5.74) is 1.00. The minimum atomic E-state index is -0.0968. The molecule has 2 heterocycles. The van der Waals surface area contributed by atoms with Crippen molar-refractivity contribution in [3.8, 4) is 0 Å². The number of ether oxygens (including phenoxy) is 1. The first-order chi connectivity index (χ1) is 8.33. The van der Waals surface area contributed by atoms with Gasteiger partial charge in [0, 0.05) is 0 Å². The van der Waals surface area contributed by atoms with E-state index in [4.69, 9.17) is 4.74 Å². The summed E-state index contributed by atoms with van der Waals surface area (Å²) in [6.45, 7) is 0.565. The molecular weight excluding hydrogens is 254 g/mol. The number of thioether (sulfide) groups is 1. The number of fused-ring (bicyclic) bond motifs is 1. The van der Waals surface area contributed by atoms with Crippen LogP contribution in [0.1, 0.15) is 12.8 Å². The Bertz CT molecular complexity index is 519. The Kier molecular flexibility index (Phi) is 3.03. The van der Waals surface area contributed by atoms with Gasteiger partial charge in [-0.15, -0.1) is 11.3 Å². The van der Waals surface area contributed by atoms with Crippen LogP contribution in [0.25, 0.3) is 10.2 Å². The van der Waals surface area contributed by atoms with Gasteiger partial charge < -0.3 is 4.74 Å². The molecule has 0 radical (unpaired) electrons. The molecule has 1 fully saturated rings. The fourth-order valence-corrected chi connectivity index (χ4v) is 4.13. The topological polar surface area (TPSA) is 39.2 Å². The van der Waals surface area contributed by atoms with E-state index in [9.17, 15) is 4.79 Å². The summed E-state index contributed by atoms with van der Waals surface area (Å²) in [5.74, 6) is -0.0968. The zero-order chi connectivity index (χ0) is 11.7. The standard InChI is InChI=1S/C12H11NO2S2/c14-11-10(6-3-7-15-11)17-12-13-8-4-1-2-5-9(8)16-12/h1-2,4-5,10H,3,6-7H2. The molecule has 0 saturated carbocycles. The summed E-state index contributed by atoms with van der Waals surface area (Å²) >= 11 is 3.17. The third kappa shape index (κ3) is 2.30. The average Bonchev–Trinajstić information content (AvgIpc) is 2.74. The molecule has 1 aromatic heterocycles. The average molecular weight is 265 g/mol. The van der Waals surface area contributed by atoms with Gasteiger partial charge >= 0.3 is 5.97 Å². The quantitative estimate of drug-likeness (QED) is 0.782. The Balaban J connectivity index is 1.82. The van der Waals surface area contributed by atoms with Crippen molar-refractivity contribution in [3.63, 3.8) is 0 Å². The second kappa shape index (κ2) is 4.66. The van der Waals surface area contributed by atoms with Gasteiger partial charge in [-0.05, 0) is 25.0 Å². The maximum atomic E-state index is 11.5. The van der Waals surface area contributed by atoms with Crippen LogP contribution in [0.5, 0.6) is 0 Å². The SMILES string of the molecule is O=C1OCCCC1Sc1nc2ccccc2s1. The molecule has 0 N–H and O–H groups in total. The molecule has 0 spiro atoms. The highest BCUT2D eigenvalue weighted by Gasteiger charge is 2.26. The Hall–Kier alpha value is -1.07. The van der Waals surface area contributed by atoms with Crippen LogP contribution in [-0.4, -0.2) is 22.8 Å². The van der Waals surface area contributed by atoms with Crippen LogP contribution >= 0.6 is 23.1 Å². The molecule has 0 amide bonds. The van der Waals surface area contributed by atoms with Gasteiger partial charge in [0.1, 0.15) is 5.25 Å². The number of cyclic esters (lactones) is 1. The minimum absolute atomic E-state index is 0.0793. The molecule has 88 valence electrons. The number of carbonyl (C=O) groups excluding carboxylic acids is 1. The molecule has 1 aliphatic rings. The van der Waals surface area contributed by atoms with Crippen LogP contribution in [0.4, 0.5) is 0 Å². The lowest BCUT2D eigenvalue weighted by molar-refractivity contribution is -0.145. The molecule has 3 nitrogen and oxygen atoms in total. The summed E-state index contributed by atoms with van der Waals surface area (Å²) in [5, 5.41) is -0.0793. The Morgan fingerprint density at radius 1 is 1.41 bits per heavy atom. The highest BCUT2D eigenvalue weighted by Crippen LogP contribution is 2.34. The van der Waals surface area contributed by atoms with Gasteiger partial charge in [0.25, 0.3) is 0 Å². The van der Waals surface area contributed by atoms with E-state index in [1.54, 1.807) is 11.3 Å². The van der Waals surface area contributed by atoms with Crippen molar-refractivity contribution in [1.29, 1.82) is 0 Å². The second-order valence-corrected chi connectivity index (χ2v) is 6.34. The van der Waals surface area contributed by atoms with Crippen molar-refractivity contribution in [3.05, 3.63) is 24.3 Å². The number of hydrogen-bond acceptors (Lipinski definition) is 5. The first kappa shape index (κ1) is 11.0. The molecule has 1 aromatic carbocycles. The van der Waals surface area contributed by atoms with E-state index in [-0.39, 0.29) is 11.2 Å². The fourth-order valence-electron chi connectivity index (χ4n) is 1.78. The molecule has 17 heavy (non-hydrogen) atoms. The highest BCUT2D eigenvalue weighted by atomic mass is 32.2. The number of aromatic nitrogens is 1. The summed E-state index contributed by atoms with van der Waals surface area (Å²) in [7, 11) is 0. The third-order valence-electron chi connectivity index (χ3n) is 2.64. The number of esters is 1. The first-order valence-corrected chi connectivity index (χ1v) is 7.21. The lowest BCUT2D eigenvalue weighted by Gasteiger charge is -2.18.